The molecule has 0 bridgehead atoms. The van der Waals surface area contributed by atoms with Gasteiger partial charge in [-0.05, 0) is 25.7 Å². The van der Waals surface area contributed by atoms with Gasteiger partial charge in [0.05, 0.1) is 12.2 Å². The zero-order valence-electron chi connectivity index (χ0n) is 7.79. The second-order valence-corrected chi connectivity index (χ2v) is 3.83. The first-order valence-corrected chi connectivity index (χ1v) is 5.19. The zero-order valence-corrected chi connectivity index (χ0v) is 7.79. The van der Waals surface area contributed by atoms with Gasteiger partial charge in [-0.1, -0.05) is 13.3 Å². The van der Waals surface area contributed by atoms with Gasteiger partial charge in [0.25, 0.3) is 0 Å². The van der Waals surface area contributed by atoms with E-state index in [0.717, 1.165) is 6.61 Å². The van der Waals surface area contributed by atoms with Gasteiger partial charge in [-0.25, -0.2) is 0 Å². The SMILES string of the molecule is CCCCO[C@@H]1CCCC2O[C@@H]21. The number of hydrogen-bond acceptors (Lipinski definition) is 2. The first kappa shape index (κ1) is 8.52. The third-order valence-electron chi connectivity index (χ3n) is 2.80. The molecule has 1 saturated heterocycles. The van der Waals surface area contributed by atoms with E-state index in [9.17, 15) is 0 Å². The van der Waals surface area contributed by atoms with Crippen LogP contribution >= 0.6 is 0 Å². The Bertz CT molecular complexity index is 147. The summed E-state index contributed by atoms with van der Waals surface area (Å²) in [5.74, 6) is 0. The molecule has 0 amide bonds. The van der Waals surface area contributed by atoms with Crippen LogP contribution in [0.5, 0.6) is 0 Å². The van der Waals surface area contributed by atoms with Crippen LogP contribution < -0.4 is 0 Å². The number of epoxide rings is 1. The lowest BCUT2D eigenvalue weighted by atomic mass is 9.98. The van der Waals surface area contributed by atoms with Crippen LogP contribution in [0.3, 0.4) is 0 Å². The Hall–Kier alpha value is -0.0800. The molecule has 2 heteroatoms. The molecule has 70 valence electrons. The van der Waals surface area contributed by atoms with Gasteiger partial charge in [0, 0.05) is 6.61 Å². The Morgan fingerprint density at radius 2 is 2.33 bits per heavy atom. The van der Waals surface area contributed by atoms with E-state index in [2.05, 4.69) is 6.92 Å². The number of unbranched alkanes of at least 4 members (excludes halogenated alkanes) is 1. The molecule has 1 saturated carbocycles. The zero-order chi connectivity index (χ0) is 8.39. The second kappa shape index (κ2) is 3.75. The Balaban J connectivity index is 1.66. The van der Waals surface area contributed by atoms with Crippen LogP contribution in [0.25, 0.3) is 0 Å². The average Bonchev–Trinajstić information content (AvgIpc) is 2.84. The third kappa shape index (κ3) is 1.80. The van der Waals surface area contributed by atoms with E-state index < -0.39 is 0 Å². The largest absolute Gasteiger partial charge is 0.375 e. The highest BCUT2D eigenvalue weighted by atomic mass is 16.6. The van der Waals surface area contributed by atoms with Crippen molar-refractivity contribution in [3.8, 4) is 0 Å². The maximum atomic E-state index is 5.75. The van der Waals surface area contributed by atoms with E-state index >= 15 is 0 Å². The van der Waals surface area contributed by atoms with Gasteiger partial charge >= 0.3 is 0 Å². The molecule has 2 aliphatic rings. The highest BCUT2D eigenvalue weighted by Crippen LogP contribution is 2.38. The number of fused-ring (bicyclic) bond motifs is 1. The van der Waals surface area contributed by atoms with Crippen molar-refractivity contribution >= 4 is 0 Å². The summed E-state index contributed by atoms with van der Waals surface area (Å²) in [6, 6.07) is 0. The fourth-order valence-electron chi connectivity index (χ4n) is 1.96. The molecule has 0 aromatic rings. The van der Waals surface area contributed by atoms with Gasteiger partial charge in [0.1, 0.15) is 6.10 Å². The molecule has 0 radical (unpaired) electrons. The molecule has 2 rings (SSSR count). The minimum atomic E-state index is 0.426. The Labute approximate surface area is 74.2 Å². The normalized spacial score (nSPS) is 39.2. The molecule has 1 heterocycles. The van der Waals surface area contributed by atoms with Gasteiger partial charge < -0.3 is 9.47 Å². The van der Waals surface area contributed by atoms with Crippen molar-refractivity contribution in [3.05, 3.63) is 0 Å². The van der Waals surface area contributed by atoms with Crippen LogP contribution in [0.4, 0.5) is 0 Å². The molecule has 2 fully saturated rings. The fraction of sp³-hybridized carbons (Fsp3) is 1.00. The van der Waals surface area contributed by atoms with Crippen molar-refractivity contribution in [2.24, 2.45) is 0 Å². The Morgan fingerprint density at radius 3 is 3.17 bits per heavy atom. The predicted octanol–water partition coefficient (Wildman–Crippen LogP) is 2.12. The number of hydrogen-bond donors (Lipinski definition) is 0. The van der Waals surface area contributed by atoms with Crippen molar-refractivity contribution < 1.29 is 9.47 Å². The van der Waals surface area contributed by atoms with E-state index in [1.807, 2.05) is 0 Å². The summed E-state index contributed by atoms with van der Waals surface area (Å²) in [7, 11) is 0. The van der Waals surface area contributed by atoms with Crippen molar-refractivity contribution in [1.29, 1.82) is 0 Å². The second-order valence-electron chi connectivity index (χ2n) is 3.83. The maximum absolute atomic E-state index is 5.75. The van der Waals surface area contributed by atoms with Crippen molar-refractivity contribution in [3.63, 3.8) is 0 Å². The summed E-state index contributed by atoms with van der Waals surface area (Å²) in [4.78, 5) is 0. The number of ether oxygens (including phenoxy) is 2. The maximum Gasteiger partial charge on any atom is 0.110 e. The molecule has 12 heavy (non-hydrogen) atoms. The lowest BCUT2D eigenvalue weighted by Crippen LogP contribution is -2.25. The summed E-state index contributed by atoms with van der Waals surface area (Å²) in [6.07, 6.45) is 7.63. The van der Waals surface area contributed by atoms with Gasteiger partial charge in [-0.15, -0.1) is 0 Å². The van der Waals surface area contributed by atoms with Gasteiger partial charge in [-0.2, -0.15) is 0 Å². The molecular formula is C10H18O2. The third-order valence-corrected chi connectivity index (χ3v) is 2.80. The lowest BCUT2D eigenvalue weighted by molar-refractivity contribution is 0.0235. The average molecular weight is 170 g/mol. The topological polar surface area (TPSA) is 21.8 Å². The summed E-state index contributed by atoms with van der Waals surface area (Å²) in [6.45, 7) is 3.12. The lowest BCUT2D eigenvalue weighted by Gasteiger charge is -2.18. The first-order chi connectivity index (χ1) is 5.92. The highest BCUT2D eigenvalue weighted by Gasteiger charge is 2.47. The van der Waals surface area contributed by atoms with Gasteiger partial charge in [-0.3, -0.25) is 0 Å². The highest BCUT2D eigenvalue weighted by molar-refractivity contribution is 4.95. The van der Waals surface area contributed by atoms with Crippen LogP contribution in [0, 0.1) is 0 Å². The predicted molar refractivity (Wildman–Crippen MR) is 47.2 cm³/mol. The van der Waals surface area contributed by atoms with E-state index in [0.29, 0.717) is 18.3 Å². The van der Waals surface area contributed by atoms with Crippen molar-refractivity contribution in [1.82, 2.24) is 0 Å². The van der Waals surface area contributed by atoms with E-state index in [1.54, 1.807) is 0 Å². The van der Waals surface area contributed by atoms with Crippen LogP contribution in [-0.2, 0) is 9.47 Å². The quantitative estimate of drug-likeness (QED) is 0.476. The molecule has 1 aliphatic carbocycles. The standard InChI is InChI=1S/C10H18O2/c1-2-3-7-11-8-5-4-6-9-10(8)12-9/h8-10H,2-7H2,1H3/t8-,9?,10-/m1/s1. The molecular weight excluding hydrogens is 152 g/mol. The molecule has 0 aromatic heterocycles. The Kier molecular flexibility index (Phi) is 2.66. The van der Waals surface area contributed by atoms with E-state index in [-0.39, 0.29) is 0 Å². The van der Waals surface area contributed by atoms with Crippen molar-refractivity contribution in [2.45, 2.75) is 57.3 Å². The summed E-state index contributed by atoms with van der Waals surface area (Å²) < 4.78 is 11.2. The molecule has 0 aromatic carbocycles. The molecule has 3 atom stereocenters. The van der Waals surface area contributed by atoms with E-state index in [1.165, 1.54) is 32.1 Å². The summed E-state index contributed by atoms with van der Waals surface area (Å²) in [5.41, 5.74) is 0. The van der Waals surface area contributed by atoms with Crippen molar-refractivity contribution in [2.75, 3.05) is 6.61 Å². The minimum Gasteiger partial charge on any atom is -0.375 e. The molecule has 0 spiro atoms. The molecule has 0 N–H and O–H groups in total. The van der Waals surface area contributed by atoms with Gasteiger partial charge in [0.2, 0.25) is 0 Å². The summed E-state index contributed by atoms with van der Waals surface area (Å²) >= 11 is 0. The van der Waals surface area contributed by atoms with E-state index in [4.69, 9.17) is 9.47 Å². The monoisotopic (exact) mass is 170 g/mol. The van der Waals surface area contributed by atoms with Gasteiger partial charge in [0.15, 0.2) is 0 Å². The van der Waals surface area contributed by atoms with Crippen LogP contribution in [0.1, 0.15) is 39.0 Å². The molecule has 1 unspecified atom stereocenters. The first-order valence-electron chi connectivity index (χ1n) is 5.19. The molecule has 1 aliphatic heterocycles. The Morgan fingerprint density at radius 1 is 1.42 bits per heavy atom. The number of rotatable bonds is 4. The van der Waals surface area contributed by atoms with Crippen LogP contribution in [0.15, 0.2) is 0 Å². The van der Waals surface area contributed by atoms with Crippen LogP contribution in [-0.4, -0.2) is 24.9 Å². The van der Waals surface area contributed by atoms with Crippen LogP contribution in [0.2, 0.25) is 0 Å². The fourth-order valence-corrected chi connectivity index (χ4v) is 1.96. The minimum absolute atomic E-state index is 0.426. The molecule has 2 nitrogen and oxygen atoms in total. The smallest absolute Gasteiger partial charge is 0.110 e. The summed E-state index contributed by atoms with van der Waals surface area (Å²) in [5, 5.41) is 0.